The Labute approximate surface area is 111 Å². The number of rotatable bonds is 2. The molecule has 0 saturated heterocycles. The third-order valence-corrected chi connectivity index (χ3v) is 3.19. The minimum absolute atomic E-state index is 0.00818. The molecule has 0 fully saturated rings. The maximum atomic E-state index is 13.1. The Bertz CT molecular complexity index is 573. The number of aryl methyl sites for hydroxylation is 1. The highest BCUT2D eigenvalue weighted by Crippen LogP contribution is 2.35. The molecule has 0 saturated carbocycles. The summed E-state index contributed by atoms with van der Waals surface area (Å²) in [7, 11) is 0. The van der Waals surface area contributed by atoms with Crippen LogP contribution in [0, 0.1) is 5.41 Å². The van der Waals surface area contributed by atoms with Gasteiger partial charge in [-0.1, -0.05) is 39.0 Å². The molecule has 0 N–H and O–H groups in total. The summed E-state index contributed by atoms with van der Waals surface area (Å²) in [6.07, 6.45) is -3.61. The van der Waals surface area contributed by atoms with E-state index in [9.17, 15) is 13.2 Å². The van der Waals surface area contributed by atoms with E-state index in [0.717, 1.165) is 0 Å². The summed E-state index contributed by atoms with van der Waals surface area (Å²) < 4.78 is 40.6. The lowest BCUT2D eigenvalue weighted by atomic mass is 9.92. The van der Waals surface area contributed by atoms with Crippen LogP contribution in [0.4, 0.5) is 13.2 Å². The molecule has 19 heavy (non-hydrogen) atoms. The van der Waals surface area contributed by atoms with Crippen LogP contribution in [0.25, 0.3) is 10.9 Å². The minimum Gasteiger partial charge on any atom is -0.337 e. The minimum atomic E-state index is -4.31. The highest BCUT2D eigenvalue weighted by Gasteiger charge is 2.35. The second-order valence-corrected chi connectivity index (χ2v) is 6.05. The van der Waals surface area contributed by atoms with Gasteiger partial charge in [0.15, 0.2) is 0 Å². The fourth-order valence-electron chi connectivity index (χ4n) is 2.13. The molecule has 0 unspecified atom stereocenters. The van der Waals surface area contributed by atoms with E-state index in [1.54, 1.807) is 24.3 Å². The molecular weight excluding hydrogens is 251 g/mol. The van der Waals surface area contributed by atoms with Crippen LogP contribution in [-0.4, -0.2) is 4.57 Å². The number of aromatic nitrogens is 1. The van der Waals surface area contributed by atoms with E-state index in [1.807, 2.05) is 20.8 Å². The van der Waals surface area contributed by atoms with E-state index < -0.39 is 11.9 Å². The van der Waals surface area contributed by atoms with Gasteiger partial charge in [-0.05, 0) is 24.0 Å². The molecular formula is C15H18F3N. The quantitative estimate of drug-likeness (QED) is 0.715. The van der Waals surface area contributed by atoms with Crippen LogP contribution in [0.2, 0.25) is 0 Å². The van der Waals surface area contributed by atoms with Crippen LogP contribution >= 0.6 is 0 Å². The molecule has 0 aliphatic rings. The predicted octanol–water partition coefficient (Wildman–Crippen LogP) is 5.10. The Morgan fingerprint density at radius 2 is 1.68 bits per heavy atom. The van der Waals surface area contributed by atoms with Crippen molar-refractivity contribution in [3.05, 3.63) is 36.0 Å². The van der Waals surface area contributed by atoms with Crippen molar-refractivity contribution in [3.63, 3.8) is 0 Å². The van der Waals surface area contributed by atoms with Crippen LogP contribution in [0.15, 0.2) is 30.3 Å². The molecule has 1 heterocycles. The summed E-state index contributed by atoms with van der Waals surface area (Å²) in [6, 6.07) is 8.23. The molecule has 0 aliphatic carbocycles. The molecule has 0 aliphatic heterocycles. The van der Waals surface area contributed by atoms with Crippen LogP contribution in [-0.2, 0) is 12.7 Å². The van der Waals surface area contributed by atoms with Crippen LogP contribution in [0.3, 0.4) is 0 Å². The first kappa shape index (κ1) is 14.0. The number of hydrogen-bond acceptors (Lipinski definition) is 0. The molecule has 0 spiro atoms. The standard InChI is InChI=1S/C15H18F3N/c1-14(2,3)8-9-19-12-7-5-4-6-11(12)10-13(19)15(16,17)18/h4-7,10H,8-9H2,1-3H3. The first-order valence-corrected chi connectivity index (χ1v) is 6.34. The number of benzene rings is 1. The normalized spacial score (nSPS) is 13.2. The zero-order chi connectivity index (χ0) is 14.3. The average molecular weight is 269 g/mol. The average Bonchev–Trinajstić information content (AvgIpc) is 2.63. The largest absolute Gasteiger partial charge is 0.431 e. The Balaban J connectivity index is 2.49. The van der Waals surface area contributed by atoms with E-state index in [1.165, 1.54) is 10.6 Å². The van der Waals surface area contributed by atoms with Gasteiger partial charge in [-0.2, -0.15) is 13.2 Å². The van der Waals surface area contributed by atoms with E-state index in [-0.39, 0.29) is 5.41 Å². The summed E-state index contributed by atoms with van der Waals surface area (Å²) in [5, 5.41) is 0.642. The van der Waals surface area contributed by atoms with Gasteiger partial charge in [0.05, 0.1) is 0 Å². The van der Waals surface area contributed by atoms with Crippen molar-refractivity contribution >= 4 is 10.9 Å². The topological polar surface area (TPSA) is 4.93 Å². The number of alkyl halides is 3. The van der Waals surface area contributed by atoms with Gasteiger partial charge in [0.2, 0.25) is 0 Å². The summed E-state index contributed by atoms with van der Waals surface area (Å²) in [4.78, 5) is 0. The Morgan fingerprint density at radius 1 is 1.05 bits per heavy atom. The Kier molecular flexibility index (Phi) is 3.37. The molecule has 0 amide bonds. The predicted molar refractivity (Wildman–Crippen MR) is 71.0 cm³/mol. The van der Waals surface area contributed by atoms with Gasteiger partial charge < -0.3 is 4.57 Å². The summed E-state index contributed by atoms with van der Waals surface area (Å²) in [5.74, 6) is 0. The van der Waals surface area contributed by atoms with Crippen LogP contribution < -0.4 is 0 Å². The Hall–Kier alpha value is -1.45. The smallest absolute Gasteiger partial charge is 0.337 e. The number of fused-ring (bicyclic) bond motifs is 1. The summed E-state index contributed by atoms with van der Waals surface area (Å²) in [6.45, 7) is 6.48. The molecule has 0 radical (unpaired) electrons. The monoisotopic (exact) mass is 269 g/mol. The molecule has 1 aromatic carbocycles. The summed E-state index contributed by atoms with van der Waals surface area (Å²) >= 11 is 0. The van der Waals surface area contributed by atoms with Crippen molar-refractivity contribution in [2.24, 2.45) is 5.41 Å². The van der Waals surface area contributed by atoms with Gasteiger partial charge >= 0.3 is 6.18 Å². The second-order valence-electron chi connectivity index (χ2n) is 6.05. The lowest BCUT2D eigenvalue weighted by Gasteiger charge is -2.20. The summed E-state index contributed by atoms with van der Waals surface area (Å²) in [5.41, 5.74) is 0.103. The van der Waals surface area contributed by atoms with Crippen molar-refractivity contribution in [1.82, 2.24) is 4.57 Å². The maximum absolute atomic E-state index is 13.1. The highest BCUT2D eigenvalue weighted by atomic mass is 19.4. The number of para-hydroxylation sites is 1. The SMILES string of the molecule is CC(C)(C)CCn1c(C(F)(F)F)cc2ccccc21. The van der Waals surface area contributed by atoms with E-state index in [0.29, 0.717) is 23.9 Å². The van der Waals surface area contributed by atoms with E-state index in [2.05, 4.69) is 0 Å². The van der Waals surface area contributed by atoms with Crippen molar-refractivity contribution in [2.45, 2.75) is 39.9 Å². The fraction of sp³-hybridized carbons (Fsp3) is 0.467. The lowest BCUT2D eigenvalue weighted by Crippen LogP contribution is -2.17. The molecule has 0 bridgehead atoms. The third-order valence-electron chi connectivity index (χ3n) is 3.19. The number of nitrogens with zero attached hydrogens (tertiary/aromatic N) is 1. The van der Waals surface area contributed by atoms with Gasteiger partial charge in [0.1, 0.15) is 5.69 Å². The highest BCUT2D eigenvalue weighted by molar-refractivity contribution is 5.81. The van der Waals surface area contributed by atoms with Gasteiger partial charge in [-0.15, -0.1) is 0 Å². The van der Waals surface area contributed by atoms with Crippen molar-refractivity contribution in [2.75, 3.05) is 0 Å². The second kappa shape index (κ2) is 4.58. The lowest BCUT2D eigenvalue weighted by molar-refractivity contribution is -0.143. The molecule has 2 rings (SSSR count). The molecule has 2 aromatic rings. The van der Waals surface area contributed by atoms with Gasteiger partial charge in [0, 0.05) is 17.4 Å². The molecule has 1 aromatic heterocycles. The zero-order valence-corrected chi connectivity index (χ0v) is 11.4. The first-order chi connectivity index (χ1) is 8.68. The van der Waals surface area contributed by atoms with Gasteiger partial charge in [-0.3, -0.25) is 0 Å². The van der Waals surface area contributed by atoms with Gasteiger partial charge in [0.25, 0.3) is 0 Å². The third kappa shape index (κ3) is 3.11. The molecule has 0 atom stereocenters. The Morgan fingerprint density at radius 3 is 2.26 bits per heavy atom. The van der Waals surface area contributed by atoms with E-state index >= 15 is 0 Å². The van der Waals surface area contributed by atoms with Crippen LogP contribution in [0.1, 0.15) is 32.9 Å². The van der Waals surface area contributed by atoms with Crippen LogP contribution in [0.5, 0.6) is 0 Å². The number of hydrogen-bond donors (Lipinski definition) is 0. The van der Waals surface area contributed by atoms with E-state index in [4.69, 9.17) is 0 Å². The maximum Gasteiger partial charge on any atom is 0.431 e. The van der Waals surface area contributed by atoms with Crippen molar-refractivity contribution in [3.8, 4) is 0 Å². The van der Waals surface area contributed by atoms with Gasteiger partial charge in [-0.25, -0.2) is 0 Å². The molecule has 104 valence electrons. The number of halogens is 3. The van der Waals surface area contributed by atoms with Crippen molar-refractivity contribution < 1.29 is 13.2 Å². The fourth-order valence-corrected chi connectivity index (χ4v) is 2.13. The zero-order valence-electron chi connectivity index (χ0n) is 11.4. The molecule has 1 nitrogen and oxygen atoms in total. The first-order valence-electron chi connectivity index (χ1n) is 6.34. The molecule has 4 heteroatoms. The van der Waals surface area contributed by atoms with Crippen molar-refractivity contribution in [1.29, 1.82) is 0 Å².